The molecule has 2 heterocycles. The Bertz CT molecular complexity index is 1280. The summed E-state index contributed by atoms with van der Waals surface area (Å²) in [5, 5.41) is 2.76. The number of sulfonamides is 1. The second kappa shape index (κ2) is 10.5. The van der Waals surface area contributed by atoms with E-state index in [9.17, 15) is 18.0 Å². The third-order valence-electron chi connectivity index (χ3n) is 5.20. The van der Waals surface area contributed by atoms with Crippen LogP contribution < -0.4 is 5.32 Å². The van der Waals surface area contributed by atoms with Gasteiger partial charge in [0.1, 0.15) is 4.88 Å². The fraction of sp³-hybridized carbons (Fsp3) is 0.250. The predicted molar refractivity (Wildman–Crippen MR) is 130 cm³/mol. The lowest BCUT2D eigenvalue weighted by Crippen LogP contribution is -2.40. The van der Waals surface area contributed by atoms with Crippen LogP contribution in [0.25, 0.3) is 10.4 Å². The number of nitrogens with one attached hydrogen (secondary N) is 1. The fourth-order valence-electron chi connectivity index (χ4n) is 3.51. The van der Waals surface area contributed by atoms with Gasteiger partial charge in [-0.1, -0.05) is 36.4 Å². The van der Waals surface area contributed by atoms with Crippen molar-refractivity contribution in [2.24, 2.45) is 0 Å². The smallest absolute Gasteiger partial charge is 0.350 e. The van der Waals surface area contributed by atoms with Gasteiger partial charge in [0.15, 0.2) is 0 Å². The molecule has 1 aliphatic heterocycles. The van der Waals surface area contributed by atoms with E-state index in [2.05, 4.69) is 5.32 Å². The summed E-state index contributed by atoms with van der Waals surface area (Å²) >= 11 is 1.22. The van der Waals surface area contributed by atoms with Crippen LogP contribution in [0.4, 0.5) is 5.69 Å². The van der Waals surface area contributed by atoms with Crippen molar-refractivity contribution in [2.45, 2.75) is 11.8 Å². The molecule has 4 rings (SSSR count). The Labute approximate surface area is 202 Å². The van der Waals surface area contributed by atoms with Crippen molar-refractivity contribution in [2.75, 3.05) is 38.2 Å². The summed E-state index contributed by atoms with van der Waals surface area (Å²) in [5.41, 5.74) is 1.38. The lowest BCUT2D eigenvalue weighted by molar-refractivity contribution is 0.0533. The van der Waals surface area contributed by atoms with E-state index >= 15 is 0 Å². The normalized spacial score (nSPS) is 14.5. The molecule has 1 fully saturated rings. The molecule has 34 heavy (non-hydrogen) atoms. The minimum absolute atomic E-state index is 0.0305. The number of carbonyl (C=O) groups is 2. The zero-order valence-corrected chi connectivity index (χ0v) is 20.2. The molecule has 8 nitrogen and oxygen atoms in total. The van der Waals surface area contributed by atoms with Crippen molar-refractivity contribution in [3.8, 4) is 10.4 Å². The van der Waals surface area contributed by atoms with Crippen LogP contribution in [-0.4, -0.2) is 57.5 Å². The Morgan fingerprint density at radius 2 is 1.79 bits per heavy atom. The van der Waals surface area contributed by atoms with Crippen molar-refractivity contribution >= 4 is 38.9 Å². The summed E-state index contributed by atoms with van der Waals surface area (Å²) in [6.07, 6.45) is 0. The first-order chi connectivity index (χ1) is 16.4. The van der Waals surface area contributed by atoms with E-state index in [0.717, 1.165) is 10.4 Å². The largest absolute Gasteiger partial charge is 0.462 e. The van der Waals surface area contributed by atoms with Crippen molar-refractivity contribution < 1.29 is 27.5 Å². The third kappa shape index (κ3) is 5.20. The number of morpholine rings is 1. The van der Waals surface area contributed by atoms with Crippen LogP contribution in [0.2, 0.25) is 0 Å². The van der Waals surface area contributed by atoms with Crippen LogP contribution in [0.15, 0.2) is 65.6 Å². The number of rotatable bonds is 7. The first-order valence-corrected chi connectivity index (χ1v) is 13.0. The maximum atomic E-state index is 13.1. The van der Waals surface area contributed by atoms with Gasteiger partial charge >= 0.3 is 5.97 Å². The standard InChI is InChI=1S/C24H24N2O6S2/c1-2-32-24(28)22-20(16-21(33-22)17-7-4-3-5-8-17)25-23(27)18-9-6-10-19(15-18)34(29,30)26-11-13-31-14-12-26/h3-10,15-16H,2,11-14H2,1H3,(H,25,27). The molecule has 0 saturated carbocycles. The van der Waals surface area contributed by atoms with Crippen molar-refractivity contribution in [1.29, 1.82) is 0 Å². The second-order valence-electron chi connectivity index (χ2n) is 7.44. The minimum Gasteiger partial charge on any atom is -0.462 e. The van der Waals surface area contributed by atoms with Gasteiger partial charge in [-0.05, 0) is 36.8 Å². The lowest BCUT2D eigenvalue weighted by Gasteiger charge is -2.26. The van der Waals surface area contributed by atoms with Crippen molar-refractivity contribution in [1.82, 2.24) is 4.31 Å². The summed E-state index contributed by atoms with van der Waals surface area (Å²) in [6.45, 7) is 3.10. The molecule has 178 valence electrons. The molecule has 0 unspecified atom stereocenters. The van der Waals surface area contributed by atoms with E-state index in [1.54, 1.807) is 13.0 Å². The molecule has 1 saturated heterocycles. The van der Waals surface area contributed by atoms with E-state index in [-0.39, 0.29) is 35.0 Å². The Morgan fingerprint density at radius 1 is 1.06 bits per heavy atom. The quantitative estimate of drug-likeness (QED) is 0.494. The Morgan fingerprint density at radius 3 is 2.50 bits per heavy atom. The number of nitrogens with zero attached hydrogens (tertiary/aromatic N) is 1. The molecule has 0 aliphatic carbocycles. The first-order valence-electron chi connectivity index (χ1n) is 10.8. The minimum atomic E-state index is -3.75. The molecule has 0 radical (unpaired) electrons. The fourth-order valence-corrected chi connectivity index (χ4v) is 5.97. The number of benzene rings is 2. The maximum absolute atomic E-state index is 13.1. The molecular weight excluding hydrogens is 476 g/mol. The van der Waals surface area contributed by atoms with Crippen LogP contribution in [0.3, 0.4) is 0 Å². The van der Waals surface area contributed by atoms with Crippen LogP contribution in [0.5, 0.6) is 0 Å². The summed E-state index contributed by atoms with van der Waals surface area (Å²) in [5.74, 6) is -1.06. The Balaban J connectivity index is 1.62. The number of carbonyl (C=O) groups excluding carboxylic acids is 2. The summed E-state index contributed by atoms with van der Waals surface area (Å²) in [4.78, 5) is 26.7. The van der Waals surface area contributed by atoms with Crippen LogP contribution in [0.1, 0.15) is 27.0 Å². The molecule has 0 atom stereocenters. The summed E-state index contributed by atoms with van der Waals surface area (Å²) in [6, 6.07) is 17.1. The van der Waals surface area contributed by atoms with Crippen LogP contribution >= 0.6 is 11.3 Å². The highest BCUT2D eigenvalue weighted by molar-refractivity contribution is 7.89. The highest BCUT2D eigenvalue weighted by Gasteiger charge is 2.27. The maximum Gasteiger partial charge on any atom is 0.350 e. The molecule has 3 aromatic rings. The molecule has 1 amide bonds. The lowest BCUT2D eigenvalue weighted by atomic mass is 10.2. The topological polar surface area (TPSA) is 102 Å². The summed E-state index contributed by atoms with van der Waals surface area (Å²) in [7, 11) is -3.75. The number of anilines is 1. The molecule has 1 N–H and O–H groups in total. The summed E-state index contributed by atoms with van der Waals surface area (Å²) < 4.78 is 37.7. The molecule has 2 aromatic carbocycles. The molecular formula is C24H24N2O6S2. The van der Waals surface area contributed by atoms with E-state index in [0.29, 0.717) is 18.9 Å². The molecule has 0 bridgehead atoms. The average molecular weight is 501 g/mol. The van der Waals surface area contributed by atoms with Gasteiger partial charge in [0.25, 0.3) is 5.91 Å². The highest BCUT2D eigenvalue weighted by Crippen LogP contribution is 2.35. The van der Waals surface area contributed by atoms with Gasteiger partial charge in [0, 0.05) is 23.5 Å². The van der Waals surface area contributed by atoms with E-state index in [1.807, 2.05) is 30.3 Å². The van der Waals surface area contributed by atoms with Crippen LogP contribution in [0, 0.1) is 0 Å². The number of thiophene rings is 1. The first kappa shape index (κ1) is 24.1. The predicted octanol–water partition coefficient (Wildman–Crippen LogP) is 3.87. The van der Waals surface area contributed by atoms with Gasteiger partial charge in [0.2, 0.25) is 10.0 Å². The highest BCUT2D eigenvalue weighted by atomic mass is 32.2. The average Bonchev–Trinajstić information content (AvgIpc) is 3.29. The Hall–Kier alpha value is -3.05. The number of amides is 1. The third-order valence-corrected chi connectivity index (χ3v) is 8.26. The van der Waals surface area contributed by atoms with Crippen molar-refractivity contribution in [3.05, 3.63) is 71.1 Å². The molecule has 10 heteroatoms. The van der Waals surface area contributed by atoms with Gasteiger partial charge in [-0.2, -0.15) is 4.31 Å². The van der Waals surface area contributed by atoms with Gasteiger partial charge in [-0.15, -0.1) is 11.3 Å². The molecule has 1 aromatic heterocycles. The van der Waals surface area contributed by atoms with Gasteiger partial charge in [-0.3, -0.25) is 4.79 Å². The van der Waals surface area contributed by atoms with E-state index in [4.69, 9.17) is 9.47 Å². The van der Waals surface area contributed by atoms with Gasteiger partial charge < -0.3 is 14.8 Å². The second-order valence-corrected chi connectivity index (χ2v) is 10.4. The van der Waals surface area contributed by atoms with Crippen molar-refractivity contribution in [3.63, 3.8) is 0 Å². The van der Waals surface area contributed by atoms with E-state index < -0.39 is 21.9 Å². The zero-order valence-electron chi connectivity index (χ0n) is 18.5. The Kier molecular flexibility index (Phi) is 7.42. The van der Waals surface area contributed by atoms with E-state index in [1.165, 1.54) is 39.9 Å². The number of hydrogen-bond donors (Lipinski definition) is 1. The molecule has 0 spiro atoms. The SMILES string of the molecule is CCOC(=O)c1sc(-c2ccccc2)cc1NC(=O)c1cccc(S(=O)(=O)N2CCOCC2)c1. The monoisotopic (exact) mass is 500 g/mol. The van der Waals surface area contributed by atoms with Gasteiger partial charge in [0.05, 0.1) is 30.4 Å². The van der Waals surface area contributed by atoms with Crippen LogP contribution in [-0.2, 0) is 19.5 Å². The van der Waals surface area contributed by atoms with Gasteiger partial charge in [-0.25, -0.2) is 13.2 Å². The number of esters is 1. The molecule has 1 aliphatic rings. The number of ether oxygens (including phenoxy) is 2. The zero-order chi connectivity index (χ0) is 24.1. The number of hydrogen-bond acceptors (Lipinski definition) is 7.